The van der Waals surface area contributed by atoms with E-state index in [1.807, 2.05) is 11.0 Å². The average molecular weight is 382 g/mol. The van der Waals surface area contributed by atoms with Gasteiger partial charge in [0.2, 0.25) is 5.91 Å². The predicted molar refractivity (Wildman–Crippen MR) is 103 cm³/mol. The van der Waals surface area contributed by atoms with Gasteiger partial charge in [-0.05, 0) is 55.9 Å². The van der Waals surface area contributed by atoms with E-state index in [9.17, 15) is 14.7 Å². The summed E-state index contributed by atoms with van der Waals surface area (Å²) in [6.07, 6.45) is 6.51. The van der Waals surface area contributed by atoms with Gasteiger partial charge >= 0.3 is 5.97 Å². The number of amides is 1. The Morgan fingerprint density at radius 2 is 1.82 bits per heavy atom. The zero-order valence-electron chi connectivity index (χ0n) is 15.9. The van der Waals surface area contributed by atoms with Crippen molar-refractivity contribution < 1.29 is 14.7 Å². The molecule has 28 heavy (non-hydrogen) atoms. The zero-order valence-corrected chi connectivity index (χ0v) is 15.9. The van der Waals surface area contributed by atoms with Crippen LogP contribution in [0, 0.1) is 5.92 Å². The van der Waals surface area contributed by atoms with Crippen molar-refractivity contribution in [3.05, 3.63) is 47.3 Å². The molecule has 1 aromatic heterocycles. The highest BCUT2D eigenvalue weighted by Gasteiger charge is 2.36. The molecule has 7 nitrogen and oxygen atoms in total. The number of nitrogens with one attached hydrogen (secondary N) is 1. The summed E-state index contributed by atoms with van der Waals surface area (Å²) in [6, 6.07) is 10.3. The second kappa shape index (κ2) is 8.12. The molecule has 0 radical (unpaired) electrons. The van der Waals surface area contributed by atoms with Crippen LogP contribution in [0.5, 0.6) is 0 Å². The summed E-state index contributed by atoms with van der Waals surface area (Å²) in [5, 5.41) is 19.5. The van der Waals surface area contributed by atoms with Gasteiger partial charge in [-0.25, -0.2) is 4.79 Å². The van der Waals surface area contributed by atoms with Crippen LogP contribution in [0.15, 0.2) is 30.3 Å². The number of nitrogens with zero attached hydrogens (tertiary/aromatic N) is 3. The van der Waals surface area contributed by atoms with Crippen LogP contribution in [0.4, 0.5) is 0 Å². The fourth-order valence-electron chi connectivity index (χ4n) is 4.77. The van der Waals surface area contributed by atoms with Gasteiger partial charge in [-0.3, -0.25) is 4.79 Å². The molecule has 2 aromatic rings. The van der Waals surface area contributed by atoms with Gasteiger partial charge in [0.25, 0.3) is 0 Å². The van der Waals surface area contributed by atoms with E-state index in [0.29, 0.717) is 30.5 Å². The Morgan fingerprint density at radius 1 is 1.07 bits per heavy atom. The fraction of sp³-hybridized carbons (Fsp3) is 0.524. The number of benzene rings is 1. The highest BCUT2D eigenvalue weighted by atomic mass is 16.4. The summed E-state index contributed by atoms with van der Waals surface area (Å²) in [4.78, 5) is 26.1. The molecule has 1 saturated heterocycles. The molecule has 1 aromatic carbocycles. The number of H-pyrrole nitrogens is 1. The Labute approximate surface area is 164 Å². The zero-order chi connectivity index (χ0) is 19.5. The number of hydrogen-bond acceptors (Lipinski definition) is 4. The molecule has 1 amide bonds. The third-order valence-corrected chi connectivity index (χ3v) is 6.25. The molecule has 0 spiro atoms. The maximum absolute atomic E-state index is 13.0. The van der Waals surface area contributed by atoms with Crippen molar-refractivity contribution in [1.82, 2.24) is 20.3 Å². The number of carboxylic acid groups (broad SMARTS) is 1. The maximum Gasteiger partial charge on any atom is 0.358 e. The Kier molecular flexibility index (Phi) is 5.41. The van der Waals surface area contributed by atoms with Crippen LogP contribution in [-0.4, -0.2) is 43.8 Å². The molecule has 1 aliphatic heterocycles. The summed E-state index contributed by atoms with van der Waals surface area (Å²) in [5.41, 5.74) is 1.71. The first-order valence-electron chi connectivity index (χ1n) is 10.1. The van der Waals surface area contributed by atoms with E-state index in [2.05, 4.69) is 39.7 Å². The molecule has 2 N–H and O–H groups in total. The van der Waals surface area contributed by atoms with Crippen LogP contribution in [-0.2, 0) is 4.79 Å². The molecule has 7 heteroatoms. The van der Waals surface area contributed by atoms with Gasteiger partial charge in [-0.1, -0.05) is 30.3 Å². The van der Waals surface area contributed by atoms with Crippen molar-refractivity contribution in [1.29, 1.82) is 0 Å². The van der Waals surface area contributed by atoms with E-state index in [0.717, 1.165) is 38.5 Å². The Morgan fingerprint density at radius 3 is 2.54 bits per heavy atom. The molecule has 1 aliphatic carbocycles. The number of carbonyl (C=O) groups excluding carboxylic acids is 1. The molecule has 148 valence electrons. The summed E-state index contributed by atoms with van der Waals surface area (Å²) < 4.78 is 0. The van der Waals surface area contributed by atoms with Crippen molar-refractivity contribution in [3.63, 3.8) is 0 Å². The van der Waals surface area contributed by atoms with Crippen LogP contribution in [0.2, 0.25) is 0 Å². The van der Waals surface area contributed by atoms with Gasteiger partial charge in [-0.2, -0.15) is 10.3 Å². The van der Waals surface area contributed by atoms with Crippen LogP contribution in [0.25, 0.3) is 0 Å². The topological polar surface area (TPSA) is 99.2 Å². The Bertz CT molecular complexity index is 827. The SMILES string of the molecule is O=C(O)c1n[nH]nc1C1CCCN1C(=O)CC1CCC(c2ccccc2)CC1. The lowest BCUT2D eigenvalue weighted by Gasteiger charge is -2.31. The second-order valence-electron chi connectivity index (χ2n) is 7.94. The largest absolute Gasteiger partial charge is 0.476 e. The molecule has 1 atom stereocenters. The van der Waals surface area contributed by atoms with Gasteiger partial charge in [0.1, 0.15) is 5.69 Å². The van der Waals surface area contributed by atoms with Crippen LogP contribution >= 0.6 is 0 Å². The van der Waals surface area contributed by atoms with Gasteiger partial charge in [0.15, 0.2) is 5.69 Å². The van der Waals surface area contributed by atoms with Gasteiger partial charge in [0.05, 0.1) is 6.04 Å². The van der Waals surface area contributed by atoms with Crippen LogP contribution in [0.1, 0.15) is 78.7 Å². The first kappa shape index (κ1) is 18.7. The third kappa shape index (κ3) is 3.79. The van der Waals surface area contributed by atoms with Crippen molar-refractivity contribution in [2.24, 2.45) is 5.92 Å². The molecule has 1 saturated carbocycles. The second-order valence-corrected chi connectivity index (χ2v) is 7.94. The number of likely N-dealkylation sites (tertiary alicyclic amines) is 1. The first-order chi connectivity index (χ1) is 13.6. The lowest BCUT2D eigenvalue weighted by molar-refractivity contribution is -0.133. The van der Waals surface area contributed by atoms with Gasteiger partial charge in [0, 0.05) is 13.0 Å². The molecular formula is C21H26N4O3. The van der Waals surface area contributed by atoms with Crippen LogP contribution in [0.3, 0.4) is 0 Å². The molecule has 0 bridgehead atoms. The number of rotatable bonds is 5. The first-order valence-corrected chi connectivity index (χ1v) is 10.1. The smallest absolute Gasteiger partial charge is 0.358 e. The minimum atomic E-state index is -1.11. The minimum absolute atomic E-state index is 0.0759. The number of carbonyl (C=O) groups is 2. The van der Waals surface area contributed by atoms with Gasteiger partial charge in [-0.15, -0.1) is 5.10 Å². The van der Waals surface area contributed by atoms with Crippen LogP contribution < -0.4 is 0 Å². The lowest BCUT2D eigenvalue weighted by Crippen LogP contribution is -2.33. The molecule has 1 unspecified atom stereocenters. The van der Waals surface area contributed by atoms with E-state index in [1.165, 1.54) is 5.56 Å². The standard InChI is InChI=1S/C21H26N4O3/c26-18(13-14-8-10-16(11-9-14)15-5-2-1-3-6-15)25-12-4-7-17(25)19-20(21(27)28)23-24-22-19/h1-3,5-6,14,16-17H,4,7-13H2,(H,27,28)(H,22,23,24). The Hall–Kier alpha value is -2.70. The summed E-state index contributed by atoms with van der Waals surface area (Å²) in [6.45, 7) is 0.661. The summed E-state index contributed by atoms with van der Waals surface area (Å²) in [5.74, 6) is 0.0117. The molecular weight excluding hydrogens is 356 g/mol. The highest BCUT2D eigenvalue weighted by molar-refractivity contribution is 5.87. The van der Waals surface area contributed by atoms with Crippen molar-refractivity contribution in [2.45, 2.75) is 56.9 Å². The van der Waals surface area contributed by atoms with Crippen molar-refractivity contribution >= 4 is 11.9 Å². The molecule has 4 rings (SSSR count). The maximum atomic E-state index is 13.0. The minimum Gasteiger partial charge on any atom is -0.476 e. The third-order valence-electron chi connectivity index (χ3n) is 6.25. The predicted octanol–water partition coefficient (Wildman–Crippen LogP) is 3.53. The van der Waals surface area contributed by atoms with E-state index >= 15 is 0 Å². The van der Waals surface area contributed by atoms with Crippen molar-refractivity contribution in [2.75, 3.05) is 6.54 Å². The van der Waals surface area contributed by atoms with Gasteiger partial charge < -0.3 is 10.0 Å². The lowest BCUT2D eigenvalue weighted by atomic mass is 9.77. The quantitative estimate of drug-likeness (QED) is 0.824. The molecule has 2 aliphatic rings. The number of hydrogen-bond donors (Lipinski definition) is 2. The molecule has 2 fully saturated rings. The van der Waals surface area contributed by atoms with Crippen molar-refractivity contribution in [3.8, 4) is 0 Å². The number of aromatic carboxylic acids is 1. The number of aromatic nitrogens is 3. The Balaban J connectivity index is 1.36. The average Bonchev–Trinajstić information content (AvgIpc) is 3.38. The van der Waals surface area contributed by atoms with E-state index in [1.54, 1.807) is 0 Å². The monoisotopic (exact) mass is 382 g/mol. The van der Waals surface area contributed by atoms with E-state index in [4.69, 9.17) is 0 Å². The summed E-state index contributed by atoms with van der Waals surface area (Å²) >= 11 is 0. The number of carboxylic acids is 1. The van der Waals surface area contributed by atoms with E-state index < -0.39 is 5.97 Å². The fourth-order valence-corrected chi connectivity index (χ4v) is 4.77. The number of aromatic amines is 1. The summed E-state index contributed by atoms with van der Waals surface area (Å²) in [7, 11) is 0. The molecule has 2 heterocycles. The van der Waals surface area contributed by atoms with E-state index in [-0.39, 0.29) is 17.6 Å². The highest BCUT2D eigenvalue weighted by Crippen LogP contribution is 2.39. The normalized spacial score (nSPS) is 25.0.